The molecule has 0 atom stereocenters. The third-order valence-corrected chi connectivity index (χ3v) is 7.07. The van der Waals surface area contributed by atoms with Crippen LogP contribution in [0.3, 0.4) is 0 Å². The van der Waals surface area contributed by atoms with Crippen molar-refractivity contribution >= 4 is 10.0 Å². The fourth-order valence-corrected chi connectivity index (χ4v) is 5.28. The summed E-state index contributed by atoms with van der Waals surface area (Å²) in [6.45, 7) is 1.84. The fourth-order valence-electron chi connectivity index (χ4n) is 3.90. The predicted molar refractivity (Wildman–Crippen MR) is 113 cm³/mol. The summed E-state index contributed by atoms with van der Waals surface area (Å²) in [6.07, 6.45) is 10.3. The van der Waals surface area contributed by atoms with Crippen LogP contribution in [-0.2, 0) is 10.0 Å². The zero-order valence-corrected chi connectivity index (χ0v) is 17.8. The first-order valence-corrected chi connectivity index (χ1v) is 11.4. The highest BCUT2D eigenvalue weighted by molar-refractivity contribution is 7.89. The molecule has 1 aliphatic carbocycles. The zero-order chi connectivity index (χ0) is 21.1. The summed E-state index contributed by atoms with van der Waals surface area (Å²) < 4.78 is 35.6. The number of ether oxygens (including phenoxy) is 1. The molecule has 3 aromatic rings. The van der Waals surface area contributed by atoms with Crippen molar-refractivity contribution < 1.29 is 13.2 Å². The fraction of sp³-hybridized carbons (Fsp3) is 0.381. The molecule has 8 nitrogen and oxygen atoms in total. The van der Waals surface area contributed by atoms with Crippen molar-refractivity contribution in [2.45, 2.75) is 49.6 Å². The van der Waals surface area contributed by atoms with Crippen LogP contribution in [0.4, 0.5) is 0 Å². The van der Waals surface area contributed by atoms with E-state index in [-0.39, 0.29) is 17.0 Å². The molecule has 158 valence electrons. The highest BCUT2D eigenvalue weighted by Gasteiger charge is 2.27. The molecule has 0 bridgehead atoms. The van der Waals surface area contributed by atoms with Crippen LogP contribution in [0.5, 0.6) is 5.75 Å². The molecule has 0 radical (unpaired) electrons. The van der Waals surface area contributed by atoms with Crippen molar-refractivity contribution in [1.82, 2.24) is 24.5 Å². The third kappa shape index (κ3) is 4.36. The Morgan fingerprint density at radius 2 is 1.97 bits per heavy atom. The first-order chi connectivity index (χ1) is 14.5. The van der Waals surface area contributed by atoms with Gasteiger partial charge in [0.1, 0.15) is 12.1 Å². The highest BCUT2D eigenvalue weighted by Crippen LogP contribution is 2.30. The lowest BCUT2D eigenvalue weighted by Crippen LogP contribution is -2.38. The lowest BCUT2D eigenvalue weighted by molar-refractivity contribution is 0.294. The molecule has 0 unspecified atom stereocenters. The largest absolute Gasteiger partial charge is 0.496 e. The minimum absolute atomic E-state index is 0.0782. The zero-order valence-electron chi connectivity index (χ0n) is 17.0. The van der Waals surface area contributed by atoms with Crippen LogP contribution in [-0.4, -0.2) is 41.3 Å². The molecule has 0 amide bonds. The molecule has 0 saturated heterocycles. The average Bonchev–Trinajstić information content (AvgIpc) is 3.25. The lowest BCUT2D eigenvalue weighted by Gasteiger charge is -2.29. The maximum absolute atomic E-state index is 12.8. The molecule has 1 saturated carbocycles. The standard InChI is InChI=1S/C21H25N5O3S/c1-15-11-19(7-8-21(15)29-2)30(27,28)25-17-3-5-18(6-4-17)26-13-16(12-24-26)20-9-10-22-14-23-20/h7-14,17-18,25H,3-6H2,1-2H3. The van der Waals surface area contributed by atoms with Crippen molar-refractivity contribution in [3.8, 4) is 17.0 Å². The van der Waals surface area contributed by atoms with Gasteiger partial charge in [-0.2, -0.15) is 5.10 Å². The number of benzene rings is 1. The molecule has 1 fully saturated rings. The van der Waals surface area contributed by atoms with Crippen molar-refractivity contribution in [2.24, 2.45) is 0 Å². The number of nitrogens with one attached hydrogen (secondary N) is 1. The van der Waals surface area contributed by atoms with Gasteiger partial charge in [0.25, 0.3) is 0 Å². The van der Waals surface area contributed by atoms with E-state index in [1.165, 1.54) is 6.33 Å². The minimum Gasteiger partial charge on any atom is -0.496 e. The van der Waals surface area contributed by atoms with E-state index in [4.69, 9.17) is 4.74 Å². The summed E-state index contributed by atoms with van der Waals surface area (Å²) >= 11 is 0. The van der Waals surface area contributed by atoms with E-state index in [0.717, 1.165) is 42.5 Å². The Balaban J connectivity index is 1.38. The summed E-state index contributed by atoms with van der Waals surface area (Å²) in [5.74, 6) is 0.676. The van der Waals surface area contributed by atoms with E-state index >= 15 is 0 Å². The number of aryl methyl sites for hydroxylation is 1. The van der Waals surface area contributed by atoms with Gasteiger partial charge in [0.05, 0.1) is 29.9 Å². The number of methoxy groups -OCH3 is 1. The number of nitrogens with zero attached hydrogens (tertiary/aromatic N) is 4. The molecular weight excluding hydrogens is 402 g/mol. The van der Waals surface area contributed by atoms with Crippen LogP contribution in [0.25, 0.3) is 11.3 Å². The molecule has 1 N–H and O–H groups in total. The number of aromatic nitrogens is 4. The summed E-state index contributed by atoms with van der Waals surface area (Å²) in [6, 6.07) is 6.94. The van der Waals surface area contributed by atoms with Crippen molar-refractivity contribution in [2.75, 3.05) is 7.11 Å². The number of hydrogen-bond donors (Lipinski definition) is 1. The second-order valence-electron chi connectivity index (χ2n) is 7.56. The molecule has 30 heavy (non-hydrogen) atoms. The van der Waals surface area contributed by atoms with Gasteiger partial charge in [0.2, 0.25) is 10.0 Å². The monoisotopic (exact) mass is 427 g/mol. The van der Waals surface area contributed by atoms with E-state index in [1.807, 2.05) is 30.1 Å². The Kier molecular flexibility index (Phi) is 5.83. The summed E-state index contributed by atoms with van der Waals surface area (Å²) in [5, 5.41) is 4.50. The van der Waals surface area contributed by atoms with Crippen LogP contribution in [0.1, 0.15) is 37.3 Å². The number of rotatable bonds is 6. The maximum atomic E-state index is 12.8. The SMILES string of the molecule is COc1ccc(S(=O)(=O)NC2CCC(n3cc(-c4ccncn4)cn3)CC2)cc1C. The summed E-state index contributed by atoms with van der Waals surface area (Å²) in [5.41, 5.74) is 2.59. The summed E-state index contributed by atoms with van der Waals surface area (Å²) in [4.78, 5) is 8.46. The Morgan fingerprint density at radius 3 is 2.63 bits per heavy atom. The van der Waals surface area contributed by atoms with Gasteiger partial charge >= 0.3 is 0 Å². The Hall–Kier alpha value is -2.78. The van der Waals surface area contributed by atoms with Crippen LogP contribution in [0, 0.1) is 6.92 Å². The molecule has 1 aliphatic rings. The van der Waals surface area contributed by atoms with Crippen LogP contribution in [0.2, 0.25) is 0 Å². The van der Waals surface area contributed by atoms with E-state index in [9.17, 15) is 8.42 Å². The van der Waals surface area contributed by atoms with E-state index in [2.05, 4.69) is 19.8 Å². The maximum Gasteiger partial charge on any atom is 0.240 e. The Bertz CT molecular complexity index is 1110. The van der Waals surface area contributed by atoms with Crippen LogP contribution < -0.4 is 9.46 Å². The minimum atomic E-state index is -3.56. The third-order valence-electron chi connectivity index (χ3n) is 5.55. The molecule has 2 heterocycles. The average molecular weight is 428 g/mol. The van der Waals surface area contributed by atoms with Crippen LogP contribution in [0.15, 0.2) is 54.1 Å². The molecule has 9 heteroatoms. The van der Waals surface area contributed by atoms with E-state index in [0.29, 0.717) is 5.75 Å². The van der Waals surface area contributed by atoms with Gasteiger partial charge in [0.15, 0.2) is 0 Å². The van der Waals surface area contributed by atoms with Gasteiger partial charge in [-0.25, -0.2) is 23.1 Å². The lowest BCUT2D eigenvalue weighted by atomic mass is 9.92. The predicted octanol–water partition coefficient (Wildman–Crippen LogP) is 3.12. The second kappa shape index (κ2) is 8.53. The second-order valence-corrected chi connectivity index (χ2v) is 9.28. The van der Waals surface area contributed by atoms with Gasteiger partial charge in [0, 0.05) is 24.0 Å². The van der Waals surface area contributed by atoms with Crippen LogP contribution >= 0.6 is 0 Å². The van der Waals surface area contributed by atoms with Gasteiger partial charge in [-0.15, -0.1) is 0 Å². The smallest absolute Gasteiger partial charge is 0.240 e. The van der Waals surface area contributed by atoms with Gasteiger partial charge < -0.3 is 4.74 Å². The Labute approximate surface area is 176 Å². The molecular formula is C21H25N5O3S. The number of hydrogen-bond acceptors (Lipinski definition) is 6. The van der Waals surface area contributed by atoms with Crippen molar-refractivity contribution in [1.29, 1.82) is 0 Å². The van der Waals surface area contributed by atoms with Gasteiger partial charge in [-0.3, -0.25) is 4.68 Å². The normalized spacial score (nSPS) is 19.5. The first-order valence-electron chi connectivity index (χ1n) is 9.94. The molecule has 0 aliphatic heterocycles. The topological polar surface area (TPSA) is 99.0 Å². The van der Waals surface area contributed by atoms with Crippen molar-refractivity contribution in [3.63, 3.8) is 0 Å². The van der Waals surface area contributed by atoms with Gasteiger partial charge in [-0.1, -0.05) is 0 Å². The highest BCUT2D eigenvalue weighted by atomic mass is 32.2. The molecule has 4 rings (SSSR count). The molecule has 2 aromatic heterocycles. The van der Waals surface area contributed by atoms with Crippen molar-refractivity contribution in [3.05, 3.63) is 54.7 Å². The molecule has 0 spiro atoms. The number of sulfonamides is 1. The summed E-state index contributed by atoms with van der Waals surface area (Å²) in [7, 11) is -1.99. The van der Waals surface area contributed by atoms with E-state index < -0.39 is 10.0 Å². The van der Waals surface area contributed by atoms with E-state index in [1.54, 1.807) is 31.5 Å². The molecule has 1 aromatic carbocycles. The quantitative estimate of drug-likeness (QED) is 0.649. The first kappa shape index (κ1) is 20.5. The Morgan fingerprint density at radius 1 is 1.17 bits per heavy atom. The van der Waals surface area contributed by atoms with Gasteiger partial charge in [-0.05, 0) is 62.4 Å².